The van der Waals surface area contributed by atoms with E-state index in [1.165, 1.54) is 12.8 Å². The number of nitrogens with one attached hydrogen (secondary N) is 2. The van der Waals surface area contributed by atoms with Crippen LogP contribution in [0, 0.1) is 5.92 Å². The number of para-hydroxylation sites is 1. The molecule has 0 unspecified atom stereocenters. The Morgan fingerprint density at radius 1 is 1.24 bits per heavy atom. The number of rotatable bonds is 7. The summed E-state index contributed by atoms with van der Waals surface area (Å²) in [6, 6.07) is 10.0. The molecule has 0 bridgehead atoms. The van der Waals surface area contributed by atoms with Gasteiger partial charge in [0.15, 0.2) is 0 Å². The summed E-state index contributed by atoms with van der Waals surface area (Å²) in [6.45, 7) is 2.86. The van der Waals surface area contributed by atoms with E-state index in [0.717, 1.165) is 37.2 Å². The van der Waals surface area contributed by atoms with Crippen LogP contribution in [0.1, 0.15) is 31.2 Å². The Labute approximate surface area is 155 Å². The normalized spacial score (nSPS) is 14.7. The molecule has 2 aromatic rings. The predicted octanol–water partition coefficient (Wildman–Crippen LogP) is 2.73. The second kappa shape index (κ2) is 10.2. The van der Waals surface area contributed by atoms with Crippen LogP contribution in [-0.4, -0.2) is 35.3 Å². The predicted molar refractivity (Wildman–Crippen MR) is 102 cm³/mol. The van der Waals surface area contributed by atoms with E-state index >= 15 is 0 Å². The van der Waals surface area contributed by atoms with Gasteiger partial charge in [0.05, 0.1) is 11.9 Å². The van der Waals surface area contributed by atoms with E-state index in [9.17, 15) is 4.79 Å². The Morgan fingerprint density at radius 2 is 2.00 bits per heavy atom. The number of hydrogen-bond acceptors (Lipinski definition) is 3. The zero-order chi connectivity index (χ0) is 16.6. The molecule has 1 aromatic carbocycles. The average molecular weight is 363 g/mol. The highest BCUT2D eigenvalue weighted by molar-refractivity contribution is 5.85. The molecule has 6 heteroatoms. The van der Waals surface area contributed by atoms with Crippen molar-refractivity contribution in [1.29, 1.82) is 0 Å². The molecule has 0 atom stereocenters. The van der Waals surface area contributed by atoms with E-state index < -0.39 is 0 Å². The summed E-state index contributed by atoms with van der Waals surface area (Å²) in [4.78, 5) is 12.0. The van der Waals surface area contributed by atoms with Crippen LogP contribution in [-0.2, 0) is 11.2 Å². The van der Waals surface area contributed by atoms with Crippen LogP contribution < -0.4 is 10.6 Å². The third-order valence-corrected chi connectivity index (χ3v) is 4.63. The van der Waals surface area contributed by atoms with E-state index in [1.807, 2.05) is 47.4 Å². The topological polar surface area (TPSA) is 59.0 Å². The maximum atomic E-state index is 12.0. The van der Waals surface area contributed by atoms with Crippen LogP contribution in [0.2, 0.25) is 0 Å². The number of piperidine rings is 1. The van der Waals surface area contributed by atoms with Crippen molar-refractivity contribution in [2.45, 2.75) is 32.1 Å². The highest BCUT2D eigenvalue weighted by atomic mass is 35.5. The maximum Gasteiger partial charge on any atom is 0.220 e. The number of amides is 1. The summed E-state index contributed by atoms with van der Waals surface area (Å²) in [5.41, 5.74) is 2.19. The van der Waals surface area contributed by atoms with Gasteiger partial charge in [0, 0.05) is 19.2 Å². The SMILES string of the molecule is Cl.O=C(CCC1CCNCC1)NCCc1cnn(-c2ccccc2)c1. The maximum absolute atomic E-state index is 12.0. The van der Waals surface area contributed by atoms with Crippen LogP contribution in [0.3, 0.4) is 0 Å². The number of nitrogens with zero attached hydrogens (tertiary/aromatic N) is 2. The van der Waals surface area contributed by atoms with E-state index in [4.69, 9.17) is 0 Å². The Morgan fingerprint density at radius 3 is 2.76 bits per heavy atom. The summed E-state index contributed by atoms with van der Waals surface area (Å²) in [5.74, 6) is 0.880. The molecule has 136 valence electrons. The van der Waals surface area contributed by atoms with Gasteiger partial charge in [-0.25, -0.2) is 4.68 Å². The number of hydrogen-bond donors (Lipinski definition) is 2. The molecule has 0 saturated carbocycles. The van der Waals surface area contributed by atoms with Gasteiger partial charge in [0.2, 0.25) is 5.91 Å². The van der Waals surface area contributed by atoms with Crippen molar-refractivity contribution in [2.24, 2.45) is 5.92 Å². The molecule has 25 heavy (non-hydrogen) atoms. The van der Waals surface area contributed by atoms with Gasteiger partial charge in [0.25, 0.3) is 0 Å². The molecular formula is C19H27ClN4O. The van der Waals surface area contributed by atoms with E-state index in [1.54, 1.807) is 0 Å². The lowest BCUT2D eigenvalue weighted by Crippen LogP contribution is -2.30. The van der Waals surface area contributed by atoms with Crippen molar-refractivity contribution >= 4 is 18.3 Å². The Kier molecular flexibility index (Phi) is 7.95. The zero-order valence-electron chi connectivity index (χ0n) is 14.5. The van der Waals surface area contributed by atoms with Gasteiger partial charge in [-0.3, -0.25) is 4.79 Å². The van der Waals surface area contributed by atoms with Crippen LogP contribution in [0.5, 0.6) is 0 Å². The fourth-order valence-electron chi connectivity index (χ4n) is 3.15. The first-order valence-electron chi connectivity index (χ1n) is 8.87. The first kappa shape index (κ1) is 19.5. The molecular weight excluding hydrogens is 336 g/mol. The highest BCUT2D eigenvalue weighted by Crippen LogP contribution is 2.17. The number of carbonyl (C=O) groups is 1. The van der Waals surface area contributed by atoms with E-state index in [0.29, 0.717) is 18.9 Å². The Bertz CT molecular complexity index is 638. The summed E-state index contributed by atoms with van der Waals surface area (Å²) in [5, 5.41) is 10.8. The first-order valence-corrected chi connectivity index (χ1v) is 8.87. The molecule has 5 nitrogen and oxygen atoms in total. The highest BCUT2D eigenvalue weighted by Gasteiger charge is 2.14. The fourth-order valence-corrected chi connectivity index (χ4v) is 3.15. The minimum absolute atomic E-state index is 0. The summed E-state index contributed by atoms with van der Waals surface area (Å²) in [6.07, 6.45) is 8.77. The van der Waals surface area contributed by atoms with E-state index in [2.05, 4.69) is 15.7 Å². The minimum Gasteiger partial charge on any atom is -0.356 e. The van der Waals surface area contributed by atoms with Gasteiger partial charge in [-0.1, -0.05) is 18.2 Å². The van der Waals surface area contributed by atoms with Crippen LogP contribution in [0.4, 0.5) is 0 Å². The number of benzene rings is 1. The monoisotopic (exact) mass is 362 g/mol. The number of aromatic nitrogens is 2. The Hall–Kier alpha value is -1.85. The van der Waals surface area contributed by atoms with Crippen molar-refractivity contribution in [2.75, 3.05) is 19.6 Å². The molecule has 0 radical (unpaired) electrons. The molecule has 1 saturated heterocycles. The lowest BCUT2D eigenvalue weighted by molar-refractivity contribution is -0.121. The first-order chi connectivity index (χ1) is 11.8. The fraction of sp³-hybridized carbons (Fsp3) is 0.474. The smallest absolute Gasteiger partial charge is 0.220 e. The average Bonchev–Trinajstić information content (AvgIpc) is 3.11. The minimum atomic E-state index is 0. The molecule has 3 rings (SSSR count). The van der Waals surface area contributed by atoms with Gasteiger partial charge in [-0.2, -0.15) is 5.10 Å². The zero-order valence-corrected chi connectivity index (χ0v) is 15.3. The second-order valence-corrected chi connectivity index (χ2v) is 6.46. The molecule has 1 aliphatic rings. The lowest BCUT2D eigenvalue weighted by atomic mass is 9.93. The van der Waals surface area contributed by atoms with Crippen molar-refractivity contribution < 1.29 is 4.79 Å². The number of halogens is 1. The standard InChI is InChI=1S/C19H26N4O.ClH/c24-19(7-6-16-8-11-20-12-9-16)21-13-10-17-14-22-23(15-17)18-4-2-1-3-5-18;/h1-5,14-16,20H,6-13H2,(H,21,24);1H. The van der Waals surface area contributed by atoms with Crippen molar-refractivity contribution in [3.05, 3.63) is 48.3 Å². The molecule has 1 aromatic heterocycles. The van der Waals surface area contributed by atoms with Crippen LogP contribution in [0.15, 0.2) is 42.7 Å². The van der Waals surface area contributed by atoms with Gasteiger partial charge >= 0.3 is 0 Å². The molecule has 1 amide bonds. The number of carbonyl (C=O) groups excluding carboxylic acids is 1. The third-order valence-electron chi connectivity index (χ3n) is 4.63. The second-order valence-electron chi connectivity index (χ2n) is 6.46. The molecule has 2 N–H and O–H groups in total. The molecule has 0 aliphatic carbocycles. The van der Waals surface area contributed by atoms with Crippen molar-refractivity contribution in [1.82, 2.24) is 20.4 Å². The Balaban J connectivity index is 0.00000225. The van der Waals surface area contributed by atoms with Gasteiger partial charge < -0.3 is 10.6 Å². The van der Waals surface area contributed by atoms with Gasteiger partial charge in [0.1, 0.15) is 0 Å². The van der Waals surface area contributed by atoms with Crippen LogP contribution >= 0.6 is 12.4 Å². The van der Waals surface area contributed by atoms with Crippen molar-refractivity contribution in [3.63, 3.8) is 0 Å². The molecule has 2 heterocycles. The van der Waals surface area contributed by atoms with E-state index in [-0.39, 0.29) is 18.3 Å². The third kappa shape index (κ3) is 6.18. The molecule has 1 aliphatic heterocycles. The summed E-state index contributed by atoms with van der Waals surface area (Å²) >= 11 is 0. The van der Waals surface area contributed by atoms with Crippen LogP contribution in [0.25, 0.3) is 5.69 Å². The lowest BCUT2D eigenvalue weighted by Gasteiger charge is -2.22. The quantitative estimate of drug-likeness (QED) is 0.796. The summed E-state index contributed by atoms with van der Waals surface area (Å²) < 4.78 is 1.87. The van der Waals surface area contributed by atoms with Crippen molar-refractivity contribution in [3.8, 4) is 5.69 Å². The van der Waals surface area contributed by atoms with Gasteiger partial charge in [-0.05, 0) is 62.4 Å². The molecule has 1 fully saturated rings. The molecule has 0 spiro atoms. The van der Waals surface area contributed by atoms with Gasteiger partial charge in [-0.15, -0.1) is 12.4 Å². The summed E-state index contributed by atoms with van der Waals surface area (Å²) in [7, 11) is 0. The largest absolute Gasteiger partial charge is 0.356 e.